The van der Waals surface area contributed by atoms with Crippen LogP contribution in [0.1, 0.15) is 12.8 Å². The fraction of sp³-hybridized carbons (Fsp3) is 1.00. The van der Waals surface area contributed by atoms with Gasteiger partial charge in [-0.25, -0.2) is 0 Å². The van der Waals surface area contributed by atoms with E-state index in [0.29, 0.717) is 0 Å². The molecule has 0 atom stereocenters. The Kier molecular flexibility index (Phi) is 4.96. The Morgan fingerprint density at radius 3 is 2.09 bits per heavy atom. The van der Waals surface area contributed by atoms with Crippen LogP contribution in [0.4, 0.5) is 0 Å². The molecule has 2 nitrogen and oxygen atoms in total. The third kappa shape index (κ3) is 10.1. The van der Waals surface area contributed by atoms with Gasteiger partial charge in [0.2, 0.25) is 0 Å². The molecule has 0 amide bonds. The molecule has 0 spiro atoms. The maximum Gasteiger partial charge on any atom is -0.00250 e. The maximum atomic E-state index is 11.3. The Morgan fingerprint density at radius 1 is 1.18 bits per heavy atom. The molecule has 11 heavy (non-hydrogen) atoms. The normalized spacial score (nSPS) is 12.5. The van der Waals surface area contributed by atoms with E-state index in [-0.39, 0.29) is 0 Å². The van der Waals surface area contributed by atoms with Crippen molar-refractivity contribution in [1.82, 2.24) is 4.90 Å². The largest absolute Gasteiger partial charge is 0.859 e. The van der Waals surface area contributed by atoms with Gasteiger partial charge in [0, 0.05) is 0 Å². The molecule has 0 N–H and O–H groups in total. The molecule has 0 heterocycles. The quantitative estimate of drug-likeness (QED) is 0.457. The van der Waals surface area contributed by atoms with Crippen LogP contribution in [0.25, 0.3) is 0 Å². The highest BCUT2D eigenvalue weighted by atomic mass is 28.4. The number of hydrogen-bond donors (Lipinski definition) is 0. The third-order valence-corrected chi connectivity index (χ3v) is 3.19. The second kappa shape index (κ2) is 4.90. The van der Waals surface area contributed by atoms with E-state index in [4.69, 9.17) is 0 Å². The van der Waals surface area contributed by atoms with Crippen molar-refractivity contribution in [3.8, 4) is 0 Å². The summed E-state index contributed by atoms with van der Waals surface area (Å²) in [5.41, 5.74) is 0. The number of hydrogen-bond acceptors (Lipinski definition) is 2. The molecule has 0 aliphatic heterocycles. The van der Waals surface area contributed by atoms with Crippen molar-refractivity contribution in [2.75, 3.05) is 20.6 Å². The Balaban J connectivity index is 3.15. The second-order valence-electron chi connectivity index (χ2n) is 4.02. The summed E-state index contributed by atoms with van der Waals surface area (Å²) in [5, 5.41) is 0. The van der Waals surface area contributed by atoms with Crippen molar-refractivity contribution in [2.24, 2.45) is 0 Å². The molecule has 0 aliphatic rings. The Hall–Kier alpha value is 0.137. The van der Waals surface area contributed by atoms with E-state index in [1.165, 1.54) is 6.42 Å². The van der Waals surface area contributed by atoms with Gasteiger partial charge in [0.05, 0.1) is 0 Å². The molecule has 68 valence electrons. The van der Waals surface area contributed by atoms with E-state index < -0.39 is 8.32 Å². The lowest BCUT2D eigenvalue weighted by Crippen LogP contribution is -2.42. The van der Waals surface area contributed by atoms with Crippen molar-refractivity contribution in [1.29, 1.82) is 0 Å². The van der Waals surface area contributed by atoms with Gasteiger partial charge in [-0.05, 0) is 27.1 Å². The number of nitrogens with zero attached hydrogens (tertiary/aromatic N) is 1. The summed E-state index contributed by atoms with van der Waals surface area (Å²) in [6.07, 6.45) is 2.28. The Bertz CT molecular complexity index is 98.8. The van der Waals surface area contributed by atoms with Crippen LogP contribution in [0.5, 0.6) is 0 Å². The highest BCUT2D eigenvalue weighted by molar-refractivity contribution is 6.68. The molecule has 0 bridgehead atoms. The average molecular weight is 174 g/mol. The SMILES string of the molecule is CN(C)CCCC[Si](C)(C)[O-]. The molecule has 0 unspecified atom stereocenters. The lowest BCUT2D eigenvalue weighted by Gasteiger charge is -2.29. The van der Waals surface area contributed by atoms with Gasteiger partial charge in [-0.3, -0.25) is 0 Å². The fourth-order valence-electron chi connectivity index (χ4n) is 0.979. The van der Waals surface area contributed by atoms with Gasteiger partial charge >= 0.3 is 0 Å². The topological polar surface area (TPSA) is 26.3 Å². The number of rotatable bonds is 5. The zero-order valence-electron chi connectivity index (χ0n) is 8.18. The van der Waals surface area contributed by atoms with Crippen LogP contribution >= 0.6 is 0 Å². The summed E-state index contributed by atoms with van der Waals surface area (Å²) >= 11 is 0. The summed E-state index contributed by atoms with van der Waals surface area (Å²) < 4.78 is 0. The van der Waals surface area contributed by atoms with Gasteiger partial charge in [0.25, 0.3) is 0 Å². The van der Waals surface area contributed by atoms with E-state index in [1.807, 2.05) is 13.1 Å². The third-order valence-electron chi connectivity index (χ3n) is 1.63. The minimum atomic E-state index is -2.00. The van der Waals surface area contributed by atoms with Gasteiger partial charge in [-0.15, -0.1) is 0 Å². The van der Waals surface area contributed by atoms with Crippen molar-refractivity contribution >= 4 is 8.32 Å². The van der Waals surface area contributed by atoms with E-state index in [9.17, 15) is 4.80 Å². The monoisotopic (exact) mass is 174 g/mol. The highest BCUT2D eigenvalue weighted by Crippen LogP contribution is 2.06. The molecule has 3 heteroatoms. The predicted octanol–water partition coefficient (Wildman–Crippen LogP) is 0.894. The first-order valence-electron chi connectivity index (χ1n) is 4.27. The first-order valence-corrected chi connectivity index (χ1v) is 7.38. The fourth-order valence-corrected chi connectivity index (χ4v) is 2.08. The average Bonchev–Trinajstić information content (AvgIpc) is 1.78. The molecular weight excluding hydrogens is 154 g/mol. The van der Waals surface area contributed by atoms with Crippen LogP contribution in [0.15, 0.2) is 0 Å². The highest BCUT2D eigenvalue weighted by Gasteiger charge is 2.02. The van der Waals surface area contributed by atoms with E-state index in [2.05, 4.69) is 19.0 Å². The first kappa shape index (κ1) is 11.1. The molecule has 0 aromatic rings. The van der Waals surface area contributed by atoms with Gasteiger partial charge in [0.1, 0.15) is 0 Å². The minimum absolute atomic E-state index is 0.931. The van der Waals surface area contributed by atoms with Crippen LogP contribution in [0.2, 0.25) is 19.1 Å². The molecule has 0 fully saturated rings. The van der Waals surface area contributed by atoms with Gasteiger partial charge in [-0.1, -0.05) is 33.9 Å². The Morgan fingerprint density at radius 2 is 1.73 bits per heavy atom. The van der Waals surface area contributed by atoms with Crippen LogP contribution < -0.4 is 4.80 Å². The standard InChI is InChI=1S/C8H20NOSi/c1-9(2)7-5-6-8-11(3,4)10/h5-8H2,1-4H3/q-1. The van der Waals surface area contributed by atoms with E-state index >= 15 is 0 Å². The molecule has 0 rings (SSSR count). The van der Waals surface area contributed by atoms with Crippen LogP contribution in [-0.2, 0) is 0 Å². The first-order chi connectivity index (χ1) is 4.92. The van der Waals surface area contributed by atoms with Crippen LogP contribution in [-0.4, -0.2) is 33.9 Å². The van der Waals surface area contributed by atoms with Crippen molar-refractivity contribution < 1.29 is 4.80 Å². The van der Waals surface area contributed by atoms with E-state index in [0.717, 1.165) is 19.0 Å². The van der Waals surface area contributed by atoms with Gasteiger partial charge in [0.15, 0.2) is 0 Å². The molecule has 0 aromatic heterocycles. The molecule has 0 radical (unpaired) electrons. The van der Waals surface area contributed by atoms with Gasteiger partial charge < -0.3 is 9.70 Å². The summed E-state index contributed by atoms with van der Waals surface area (Å²) in [4.78, 5) is 13.4. The smallest absolute Gasteiger partial charge is 0.00250 e. The van der Waals surface area contributed by atoms with Crippen LogP contribution in [0, 0.1) is 0 Å². The summed E-state index contributed by atoms with van der Waals surface area (Å²) in [6, 6.07) is 0.931. The van der Waals surface area contributed by atoms with Crippen molar-refractivity contribution in [2.45, 2.75) is 32.0 Å². The predicted molar refractivity (Wildman–Crippen MR) is 50.1 cm³/mol. The lowest BCUT2D eigenvalue weighted by molar-refractivity contribution is -0.205. The lowest BCUT2D eigenvalue weighted by atomic mass is 10.3. The summed E-state index contributed by atoms with van der Waals surface area (Å²) in [6.45, 7) is 4.90. The zero-order valence-corrected chi connectivity index (χ0v) is 9.18. The molecule has 0 saturated carbocycles. The van der Waals surface area contributed by atoms with Gasteiger partial charge in [-0.2, -0.15) is 0 Å². The summed E-state index contributed by atoms with van der Waals surface area (Å²) in [5.74, 6) is 0. The second-order valence-corrected chi connectivity index (χ2v) is 8.04. The number of unbranched alkanes of at least 4 members (excludes halogenated alkanes) is 1. The van der Waals surface area contributed by atoms with Crippen molar-refractivity contribution in [3.05, 3.63) is 0 Å². The Labute approximate surface area is 71.4 Å². The summed E-state index contributed by atoms with van der Waals surface area (Å²) in [7, 11) is 2.14. The zero-order chi connectivity index (χ0) is 8.91. The van der Waals surface area contributed by atoms with Crippen LogP contribution in [0.3, 0.4) is 0 Å². The molecule has 0 aliphatic carbocycles. The minimum Gasteiger partial charge on any atom is -0.859 e. The molecule has 0 saturated heterocycles. The molecule has 0 aromatic carbocycles. The molecular formula is C8H20NOSi-. The van der Waals surface area contributed by atoms with Crippen molar-refractivity contribution in [3.63, 3.8) is 0 Å². The van der Waals surface area contributed by atoms with E-state index in [1.54, 1.807) is 0 Å². The maximum absolute atomic E-state index is 11.3.